The molecule has 0 aliphatic heterocycles. The second kappa shape index (κ2) is 7.62. The number of aryl methyl sites for hydroxylation is 1. The summed E-state index contributed by atoms with van der Waals surface area (Å²) >= 11 is 1.22. The number of nitrogens with one attached hydrogen (secondary N) is 2. The largest absolute Gasteiger partial charge is 0.497 e. The van der Waals surface area contributed by atoms with Crippen LogP contribution in [0.5, 0.6) is 5.75 Å². The summed E-state index contributed by atoms with van der Waals surface area (Å²) in [5.74, 6) is 6.38. The van der Waals surface area contributed by atoms with Crippen molar-refractivity contribution in [2.75, 3.05) is 18.2 Å². The first-order valence-corrected chi connectivity index (χ1v) is 7.48. The topological polar surface area (TPSA) is 102 Å². The molecule has 0 bridgehead atoms. The summed E-state index contributed by atoms with van der Waals surface area (Å²) in [5, 5.41) is 3.71. The molecule has 0 fully saturated rings. The third-order valence-corrected chi connectivity index (χ3v) is 3.54. The maximum Gasteiger partial charge on any atom is 0.244 e. The van der Waals surface area contributed by atoms with Crippen LogP contribution in [0.3, 0.4) is 0 Å². The van der Waals surface area contributed by atoms with Gasteiger partial charge in [-0.1, -0.05) is 11.8 Å². The Morgan fingerprint density at radius 3 is 2.68 bits per heavy atom. The molecule has 0 spiro atoms. The lowest BCUT2D eigenvalue weighted by Crippen LogP contribution is -2.31. The van der Waals surface area contributed by atoms with Gasteiger partial charge in [0.25, 0.3) is 0 Å². The predicted molar refractivity (Wildman–Crippen MR) is 86.1 cm³/mol. The van der Waals surface area contributed by atoms with Crippen LogP contribution >= 0.6 is 11.8 Å². The first kappa shape index (κ1) is 16.1. The highest BCUT2D eigenvalue weighted by molar-refractivity contribution is 7.99. The smallest absolute Gasteiger partial charge is 0.244 e. The molecule has 0 radical (unpaired) electrons. The standard InChI is InChI=1S/C14H17N5O2S/c1-9-7-12(17-10-3-5-11(21-2)6-4-10)18-14(16-9)22-8-13(20)19-15/h3-7H,8,15H2,1-2H3,(H,19,20)(H,16,17,18). The van der Waals surface area contributed by atoms with Gasteiger partial charge >= 0.3 is 0 Å². The van der Waals surface area contributed by atoms with Gasteiger partial charge in [-0.3, -0.25) is 10.2 Å². The predicted octanol–water partition coefficient (Wildman–Crippen LogP) is 1.62. The Balaban J connectivity index is 2.09. The second-order valence-electron chi connectivity index (χ2n) is 4.39. The van der Waals surface area contributed by atoms with Crippen molar-refractivity contribution < 1.29 is 9.53 Å². The van der Waals surface area contributed by atoms with Gasteiger partial charge in [-0.25, -0.2) is 15.8 Å². The quantitative estimate of drug-likeness (QED) is 0.244. The Hall–Kier alpha value is -2.32. The lowest BCUT2D eigenvalue weighted by molar-refractivity contribution is -0.118. The number of hydrogen-bond acceptors (Lipinski definition) is 7. The number of aromatic nitrogens is 2. The van der Waals surface area contributed by atoms with Crippen LogP contribution in [-0.2, 0) is 4.79 Å². The Bertz CT molecular complexity index is 648. The van der Waals surface area contributed by atoms with E-state index in [4.69, 9.17) is 10.6 Å². The van der Waals surface area contributed by atoms with Crippen molar-refractivity contribution in [3.8, 4) is 5.75 Å². The normalized spacial score (nSPS) is 10.1. The average molecular weight is 319 g/mol. The molecular formula is C14H17N5O2S. The second-order valence-corrected chi connectivity index (χ2v) is 5.33. The number of nitrogens with two attached hydrogens (primary N) is 1. The number of hydrogen-bond donors (Lipinski definition) is 3. The molecule has 0 unspecified atom stereocenters. The van der Waals surface area contributed by atoms with Crippen molar-refractivity contribution in [3.63, 3.8) is 0 Å². The summed E-state index contributed by atoms with van der Waals surface area (Å²) in [4.78, 5) is 19.8. The van der Waals surface area contributed by atoms with Crippen molar-refractivity contribution in [2.45, 2.75) is 12.1 Å². The summed E-state index contributed by atoms with van der Waals surface area (Å²) in [5.41, 5.74) is 3.76. The van der Waals surface area contributed by atoms with Crippen LogP contribution < -0.4 is 21.3 Å². The molecule has 0 saturated carbocycles. The third-order valence-electron chi connectivity index (χ3n) is 2.69. The van der Waals surface area contributed by atoms with Gasteiger partial charge in [0.15, 0.2) is 5.16 Å². The Morgan fingerprint density at radius 1 is 1.32 bits per heavy atom. The van der Waals surface area contributed by atoms with E-state index in [1.54, 1.807) is 7.11 Å². The summed E-state index contributed by atoms with van der Waals surface area (Å²) in [6, 6.07) is 9.34. The molecule has 0 atom stereocenters. The molecule has 0 aliphatic carbocycles. The molecule has 1 amide bonds. The number of rotatable bonds is 6. The number of hydrazine groups is 1. The lowest BCUT2D eigenvalue weighted by Gasteiger charge is -2.09. The summed E-state index contributed by atoms with van der Waals surface area (Å²) in [6.45, 7) is 1.87. The molecule has 1 heterocycles. The van der Waals surface area contributed by atoms with Crippen LogP contribution in [0.4, 0.5) is 11.5 Å². The van der Waals surface area contributed by atoms with E-state index < -0.39 is 0 Å². The minimum Gasteiger partial charge on any atom is -0.497 e. The third kappa shape index (κ3) is 4.61. The minimum absolute atomic E-state index is 0.169. The van der Waals surface area contributed by atoms with E-state index in [-0.39, 0.29) is 11.7 Å². The van der Waals surface area contributed by atoms with Crippen LogP contribution in [0.25, 0.3) is 0 Å². The van der Waals surface area contributed by atoms with E-state index >= 15 is 0 Å². The maximum absolute atomic E-state index is 11.2. The zero-order valence-electron chi connectivity index (χ0n) is 12.3. The number of thioether (sulfide) groups is 1. The van der Waals surface area contributed by atoms with Gasteiger partial charge in [0, 0.05) is 17.4 Å². The van der Waals surface area contributed by atoms with Crippen molar-refractivity contribution >= 4 is 29.2 Å². The van der Waals surface area contributed by atoms with Gasteiger partial charge in [-0.05, 0) is 31.2 Å². The van der Waals surface area contributed by atoms with Crippen LogP contribution in [0.15, 0.2) is 35.5 Å². The number of carbonyl (C=O) groups is 1. The molecule has 4 N–H and O–H groups in total. The minimum atomic E-state index is -0.278. The van der Waals surface area contributed by atoms with E-state index in [0.717, 1.165) is 17.1 Å². The summed E-state index contributed by atoms with van der Waals surface area (Å²) in [6.07, 6.45) is 0. The van der Waals surface area contributed by atoms with Gasteiger partial charge < -0.3 is 10.1 Å². The zero-order chi connectivity index (χ0) is 15.9. The average Bonchev–Trinajstić information content (AvgIpc) is 2.53. The number of anilines is 2. The van der Waals surface area contributed by atoms with E-state index in [1.807, 2.05) is 37.3 Å². The molecule has 8 heteroatoms. The highest BCUT2D eigenvalue weighted by atomic mass is 32.2. The van der Waals surface area contributed by atoms with Gasteiger partial charge in [-0.2, -0.15) is 0 Å². The molecular weight excluding hydrogens is 302 g/mol. The SMILES string of the molecule is COc1ccc(Nc2cc(C)nc(SCC(=O)NN)n2)cc1. The van der Waals surface area contributed by atoms with Gasteiger partial charge in [0.2, 0.25) is 5.91 Å². The number of amides is 1. The molecule has 2 aromatic rings. The van der Waals surface area contributed by atoms with Gasteiger partial charge in [0.05, 0.1) is 12.9 Å². The van der Waals surface area contributed by atoms with Crippen LogP contribution in [0.2, 0.25) is 0 Å². The van der Waals surface area contributed by atoms with Gasteiger partial charge in [-0.15, -0.1) is 0 Å². The molecule has 7 nitrogen and oxygen atoms in total. The fourth-order valence-corrected chi connectivity index (χ4v) is 2.38. The fraction of sp³-hybridized carbons (Fsp3) is 0.214. The van der Waals surface area contributed by atoms with Crippen molar-refractivity contribution in [1.29, 1.82) is 0 Å². The van der Waals surface area contributed by atoms with Crippen LogP contribution in [-0.4, -0.2) is 28.7 Å². The van der Waals surface area contributed by atoms with Crippen molar-refractivity contribution in [3.05, 3.63) is 36.0 Å². The summed E-state index contributed by atoms with van der Waals surface area (Å²) in [7, 11) is 1.62. The number of benzene rings is 1. The highest BCUT2D eigenvalue weighted by Gasteiger charge is 2.06. The maximum atomic E-state index is 11.2. The van der Waals surface area contributed by atoms with Crippen molar-refractivity contribution in [1.82, 2.24) is 15.4 Å². The number of carbonyl (C=O) groups excluding carboxylic acids is 1. The van der Waals surface area contributed by atoms with E-state index in [0.29, 0.717) is 11.0 Å². The van der Waals surface area contributed by atoms with Crippen molar-refractivity contribution in [2.24, 2.45) is 5.84 Å². The van der Waals surface area contributed by atoms with E-state index in [2.05, 4.69) is 20.7 Å². The first-order chi connectivity index (χ1) is 10.6. The van der Waals surface area contributed by atoms with E-state index in [1.165, 1.54) is 11.8 Å². The molecule has 2 rings (SSSR count). The zero-order valence-corrected chi connectivity index (χ0v) is 13.1. The summed E-state index contributed by atoms with van der Waals surface area (Å²) < 4.78 is 5.12. The fourth-order valence-electron chi connectivity index (χ4n) is 1.66. The molecule has 1 aromatic heterocycles. The molecule has 1 aromatic carbocycles. The number of methoxy groups -OCH3 is 1. The molecule has 22 heavy (non-hydrogen) atoms. The van der Waals surface area contributed by atoms with Crippen LogP contribution in [0.1, 0.15) is 5.69 Å². The molecule has 116 valence electrons. The first-order valence-electron chi connectivity index (χ1n) is 6.49. The Labute approximate surface area is 132 Å². The number of ether oxygens (including phenoxy) is 1. The Kier molecular flexibility index (Phi) is 5.56. The van der Waals surface area contributed by atoms with Gasteiger partial charge in [0.1, 0.15) is 11.6 Å². The highest BCUT2D eigenvalue weighted by Crippen LogP contribution is 2.21. The lowest BCUT2D eigenvalue weighted by atomic mass is 10.3. The van der Waals surface area contributed by atoms with E-state index in [9.17, 15) is 4.79 Å². The molecule has 0 aliphatic rings. The number of nitrogens with zero attached hydrogens (tertiary/aromatic N) is 2. The monoisotopic (exact) mass is 319 g/mol. The molecule has 0 saturated heterocycles. The van der Waals surface area contributed by atoms with Crippen LogP contribution in [0, 0.1) is 6.92 Å². The Morgan fingerprint density at radius 2 is 2.05 bits per heavy atom.